The molecule has 3 heterocycles. The Morgan fingerprint density at radius 1 is 1.03 bits per heavy atom. The van der Waals surface area contributed by atoms with Crippen LogP contribution in [0.1, 0.15) is 24.8 Å². The number of halogens is 2. The molecule has 1 saturated carbocycles. The van der Waals surface area contributed by atoms with Gasteiger partial charge in [-0.05, 0) is 73.4 Å². The molecule has 2 N–H and O–H groups in total. The average molecular weight is 463 g/mol. The van der Waals surface area contributed by atoms with E-state index < -0.39 is 0 Å². The van der Waals surface area contributed by atoms with Crippen LogP contribution in [0.25, 0.3) is 10.4 Å². The molecule has 0 radical (unpaired) electrons. The van der Waals surface area contributed by atoms with Crippen molar-refractivity contribution >= 4 is 47.1 Å². The molecule has 1 aliphatic heterocycles. The number of rotatable bonds is 5. The highest BCUT2D eigenvalue weighted by atomic mass is 35.5. The van der Waals surface area contributed by atoms with Gasteiger partial charge < -0.3 is 10.6 Å². The van der Waals surface area contributed by atoms with Crippen LogP contribution in [-0.4, -0.2) is 23.1 Å². The number of hydrogen-bond donors (Lipinski definition) is 2. The number of benzene rings is 1. The summed E-state index contributed by atoms with van der Waals surface area (Å²) in [6, 6.07) is 14.8. The van der Waals surface area contributed by atoms with E-state index in [0.717, 1.165) is 35.1 Å². The molecule has 4 nitrogen and oxygen atoms in total. The van der Waals surface area contributed by atoms with Gasteiger partial charge in [-0.3, -0.25) is 0 Å². The van der Waals surface area contributed by atoms with Crippen LogP contribution in [0.4, 0.5) is 10.9 Å². The minimum atomic E-state index is 0. The average Bonchev–Trinajstić information content (AvgIpc) is 3.39. The highest BCUT2D eigenvalue weighted by Crippen LogP contribution is 2.39. The van der Waals surface area contributed by atoms with Crippen molar-refractivity contribution in [2.75, 3.05) is 18.4 Å². The van der Waals surface area contributed by atoms with Gasteiger partial charge in [0.2, 0.25) is 0 Å². The quantitative estimate of drug-likeness (QED) is 0.490. The normalized spacial score (nSPS) is 22.5. The van der Waals surface area contributed by atoms with Crippen LogP contribution >= 0.6 is 36.2 Å². The zero-order chi connectivity index (χ0) is 18.8. The van der Waals surface area contributed by atoms with Crippen molar-refractivity contribution in [1.29, 1.82) is 0 Å². The summed E-state index contributed by atoms with van der Waals surface area (Å²) in [6.07, 6.45) is 9.17. The van der Waals surface area contributed by atoms with Crippen LogP contribution in [0.2, 0.25) is 0 Å². The predicted octanol–water partition coefficient (Wildman–Crippen LogP) is 5.97. The molecule has 5 rings (SSSR count). The fourth-order valence-electron chi connectivity index (χ4n) is 4.88. The summed E-state index contributed by atoms with van der Waals surface area (Å²) in [7, 11) is 0. The number of anilines is 2. The third-order valence-corrected chi connectivity index (χ3v) is 7.23. The van der Waals surface area contributed by atoms with E-state index in [1.165, 1.54) is 48.4 Å². The zero-order valence-corrected chi connectivity index (χ0v) is 19.2. The summed E-state index contributed by atoms with van der Waals surface area (Å²) in [5.74, 6) is 3.44. The first kappa shape index (κ1) is 23.0. The van der Waals surface area contributed by atoms with Gasteiger partial charge in [-0.2, -0.15) is 0 Å². The van der Waals surface area contributed by atoms with E-state index in [4.69, 9.17) is 0 Å². The number of nitrogens with one attached hydrogen (secondary N) is 2. The lowest BCUT2D eigenvalue weighted by Crippen LogP contribution is -2.28. The molecule has 2 aliphatic rings. The van der Waals surface area contributed by atoms with E-state index in [9.17, 15) is 0 Å². The van der Waals surface area contributed by atoms with E-state index >= 15 is 0 Å². The molecule has 0 unspecified atom stereocenters. The summed E-state index contributed by atoms with van der Waals surface area (Å²) in [5.41, 5.74) is 2.58. The molecule has 30 heavy (non-hydrogen) atoms. The number of nitrogens with zero attached hydrogens (tertiary/aromatic N) is 2. The summed E-state index contributed by atoms with van der Waals surface area (Å²) < 4.78 is 0. The van der Waals surface area contributed by atoms with Crippen molar-refractivity contribution in [3.8, 4) is 10.4 Å². The molecule has 0 spiro atoms. The summed E-state index contributed by atoms with van der Waals surface area (Å²) >= 11 is 1.66. The Bertz CT molecular complexity index is 934. The van der Waals surface area contributed by atoms with E-state index in [1.54, 1.807) is 11.3 Å². The van der Waals surface area contributed by atoms with Crippen LogP contribution in [0, 0.1) is 17.8 Å². The molecular weight excluding hydrogens is 435 g/mol. The Labute approximate surface area is 194 Å². The van der Waals surface area contributed by atoms with E-state index in [1.807, 2.05) is 18.5 Å². The van der Waals surface area contributed by atoms with Crippen LogP contribution < -0.4 is 10.6 Å². The Kier molecular flexibility index (Phi) is 8.12. The first-order chi connectivity index (χ1) is 13.8. The molecular formula is C23H28Cl2N4S. The molecule has 0 amide bonds. The lowest BCUT2D eigenvalue weighted by atomic mass is 9.72. The van der Waals surface area contributed by atoms with Crippen LogP contribution in [0.5, 0.6) is 0 Å². The molecule has 1 saturated heterocycles. The number of hydrogen-bond acceptors (Lipinski definition) is 5. The minimum absolute atomic E-state index is 0. The third-order valence-electron chi connectivity index (χ3n) is 6.27. The van der Waals surface area contributed by atoms with Gasteiger partial charge >= 0.3 is 0 Å². The van der Waals surface area contributed by atoms with Gasteiger partial charge in [0.25, 0.3) is 0 Å². The third kappa shape index (κ3) is 5.14. The predicted molar refractivity (Wildman–Crippen MR) is 130 cm³/mol. The van der Waals surface area contributed by atoms with Crippen LogP contribution in [0.3, 0.4) is 0 Å². The number of fused-ring (bicyclic) bond motifs is 1. The number of aromatic nitrogens is 2. The second-order valence-electron chi connectivity index (χ2n) is 8.05. The molecule has 7 heteroatoms. The monoisotopic (exact) mass is 462 g/mol. The Morgan fingerprint density at radius 3 is 2.77 bits per heavy atom. The maximum atomic E-state index is 4.54. The second-order valence-corrected chi connectivity index (χ2v) is 9.08. The first-order valence-electron chi connectivity index (χ1n) is 10.3. The van der Waals surface area contributed by atoms with Gasteiger partial charge in [-0.1, -0.05) is 48.1 Å². The van der Waals surface area contributed by atoms with Crippen molar-refractivity contribution in [3.63, 3.8) is 0 Å². The Balaban J connectivity index is 0.00000128. The van der Waals surface area contributed by atoms with Crippen molar-refractivity contribution in [2.45, 2.75) is 25.7 Å². The van der Waals surface area contributed by atoms with E-state index in [-0.39, 0.29) is 24.8 Å². The van der Waals surface area contributed by atoms with Gasteiger partial charge in [0, 0.05) is 12.4 Å². The molecule has 2 fully saturated rings. The second kappa shape index (κ2) is 10.6. The molecule has 1 aliphatic carbocycles. The summed E-state index contributed by atoms with van der Waals surface area (Å²) in [5, 5.41) is 7.90. The maximum Gasteiger partial charge on any atom is 0.188 e. The molecule has 3 aromatic rings. The SMILES string of the molecule is Cl.Cl.c1ccc(-c2cnc(Nc3cc(C[C@H]4CCC[C@@H]5CNC[C@@H]54)ccn3)s2)cc1. The molecule has 2 aromatic heterocycles. The van der Waals surface area contributed by atoms with Crippen molar-refractivity contribution < 1.29 is 0 Å². The molecule has 0 bridgehead atoms. The van der Waals surface area contributed by atoms with E-state index in [0.29, 0.717) is 0 Å². The fourth-order valence-corrected chi connectivity index (χ4v) is 5.71. The van der Waals surface area contributed by atoms with Gasteiger partial charge in [-0.15, -0.1) is 24.8 Å². The summed E-state index contributed by atoms with van der Waals surface area (Å²) in [6.45, 7) is 2.42. The standard InChI is InChI=1S/C23H26N4S.2ClH/c1-2-5-17(6-3-1)21-15-26-23(28-21)27-22-12-16(9-10-25-22)11-18-7-4-8-19-13-24-14-20(18)19;;/h1-3,5-6,9-10,12,15,18-20,24H,4,7-8,11,13-14H2,(H,25,26,27);2*1H/t18-,19-,20-;;/m1../s1. The van der Waals surface area contributed by atoms with Crippen molar-refractivity contribution in [2.24, 2.45) is 17.8 Å². The lowest BCUT2D eigenvalue weighted by Gasteiger charge is -2.33. The number of thiazole rings is 1. The van der Waals surface area contributed by atoms with Crippen molar-refractivity contribution in [3.05, 3.63) is 60.4 Å². The van der Waals surface area contributed by atoms with Crippen LogP contribution in [0.15, 0.2) is 54.9 Å². The minimum Gasteiger partial charge on any atom is -0.316 e. The topological polar surface area (TPSA) is 49.8 Å². The van der Waals surface area contributed by atoms with E-state index in [2.05, 4.69) is 57.0 Å². The largest absolute Gasteiger partial charge is 0.316 e. The smallest absolute Gasteiger partial charge is 0.188 e. The first-order valence-corrected chi connectivity index (χ1v) is 11.1. The molecule has 160 valence electrons. The molecule has 1 aromatic carbocycles. The highest BCUT2D eigenvalue weighted by molar-refractivity contribution is 7.18. The van der Waals surface area contributed by atoms with Crippen molar-refractivity contribution in [1.82, 2.24) is 15.3 Å². The fraction of sp³-hybridized carbons (Fsp3) is 0.391. The van der Waals surface area contributed by atoms with Gasteiger partial charge in [0.05, 0.1) is 4.88 Å². The Morgan fingerprint density at radius 2 is 1.90 bits per heavy atom. The Hall–Kier alpha value is -1.66. The summed E-state index contributed by atoms with van der Waals surface area (Å²) in [4.78, 5) is 10.2. The van der Waals surface area contributed by atoms with Crippen LogP contribution in [-0.2, 0) is 6.42 Å². The van der Waals surface area contributed by atoms with Gasteiger partial charge in [-0.25, -0.2) is 9.97 Å². The number of pyridine rings is 1. The van der Waals surface area contributed by atoms with Gasteiger partial charge in [0.15, 0.2) is 5.13 Å². The molecule has 3 atom stereocenters. The highest BCUT2D eigenvalue weighted by Gasteiger charge is 2.36. The maximum absolute atomic E-state index is 4.54. The lowest BCUT2D eigenvalue weighted by molar-refractivity contribution is 0.198. The van der Waals surface area contributed by atoms with Gasteiger partial charge in [0.1, 0.15) is 5.82 Å². The zero-order valence-electron chi connectivity index (χ0n) is 16.8.